The number of nitrogens with two attached hydrogens (primary N) is 1. The van der Waals surface area contributed by atoms with E-state index >= 15 is 0 Å². The van der Waals surface area contributed by atoms with Crippen LogP contribution in [0.3, 0.4) is 0 Å². The number of benzene rings is 1. The summed E-state index contributed by atoms with van der Waals surface area (Å²) in [5, 5.41) is 8.72. The van der Waals surface area contributed by atoms with Gasteiger partial charge >= 0.3 is 5.97 Å². The van der Waals surface area contributed by atoms with Gasteiger partial charge in [0.1, 0.15) is 6.04 Å². The van der Waals surface area contributed by atoms with Crippen molar-refractivity contribution in [1.82, 2.24) is 4.57 Å². The first kappa shape index (κ1) is 11.4. The lowest BCUT2D eigenvalue weighted by atomic mass is 10.1. The Bertz CT molecular complexity index is 489. The molecule has 1 unspecified atom stereocenters. The van der Waals surface area contributed by atoms with Gasteiger partial charge in [-0.1, -0.05) is 12.1 Å². The standard InChI is InChI=1S/C13H14N2O2/c14-12(13(16)17)9-10-3-5-11(6-4-10)15-7-1-2-8-15/h1-8,12H,9,14H2,(H,16,17). The minimum Gasteiger partial charge on any atom is -0.480 e. The highest BCUT2D eigenvalue weighted by atomic mass is 16.4. The largest absolute Gasteiger partial charge is 0.480 e. The van der Waals surface area contributed by atoms with E-state index in [1.165, 1.54) is 0 Å². The summed E-state index contributed by atoms with van der Waals surface area (Å²) >= 11 is 0. The second kappa shape index (κ2) is 4.84. The molecule has 0 fully saturated rings. The Balaban J connectivity index is 2.11. The van der Waals surface area contributed by atoms with Crippen LogP contribution < -0.4 is 5.73 Å². The normalized spacial score (nSPS) is 12.3. The Morgan fingerprint density at radius 1 is 1.24 bits per heavy atom. The average Bonchev–Trinajstić information content (AvgIpc) is 2.83. The molecule has 1 aromatic carbocycles. The van der Waals surface area contributed by atoms with Crippen LogP contribution in [0.4, 0.5) is 0 Å². The van der Waals surface area contributed by atoms with E-state index < -0.39 is 12.0 Å². The van der Waals surface area contributed by atoms with Crippen LogP contribution in [-0.2, 0) is 11.2 Å². The third-order valence-corrected chi connectivity index (χ3v) is 2.61. The molecule has 0 spiro atoms. The number of hydrogen-bond donors (Lipinski definition) is 2. The van der Waals surface area contributed by atoms with Crippen molar-refractivity contribution in [2.45, 2.75) is 12.5 Å². The van der Waals surface area contributed by atoms with Crippen molar-refractivity contribution in [1.29, 1.82) is 0 Å². The molecule has 1 heterocycles. The third-order valence-electron chi connectivity index (χ3n) is 2.61. The Hall–Kier alpha value is -2.07. The third kappa shape index (κ3) is 2.73. The maximum absolute atomic E-state index is 10.6. The van der Waals surface area contributed by atoms with Gasteiger partial charge in [-0.25, -0.2) is 0 Å². The molecule has 2 aromatic rings. The van der Waals surface area contributed by atoms with Crippen LogP contribution in [0.1, 0.15) is 5.56 Å². The van der Waals surface area contributed by atoms with Crippen LogP contribution in [0.15, 0.2) is 48.8 Å². The minimum absolute atomic E-state index is 0.349. The van der Waals surface area contributed by atoms with Crippen LogP contribution in [0.2, 0.25) is 0 Å². The molecular formula is C13H14N2O2. The topological polar surface area (TPSA) is 68.2 Å². The summed E-state index contributed by atoms with van der Waals surface area (Å²) in [6.45, 7) is 0. The molecule has 4 heteroatoms. The Morgan fingerprint density at radius 2 is 1.82 bits per heavy atom. The molecule has 0 aliphatic heterocycles. The van der Waals surface area contributed by atoms with Gasteiger partial charge in [-0.2, -0.15) is 0 Å². The van der Waals surface area contributed by atoms with Crippen LogP contribution in [0.5, 0.6) is 0 Å². The molecule has 0 amide bonds. The molecule has 2 rings (SSSR count). The number of carboxylic acid groups (broad SMARTS) is 1. The number of hydrogen-bond acceptors (Lipinski definition) is 2. The molecule has 17 heavy (non-hydrogen) atoms. The Morgan fingerprint density at radius 3 is 2.35 bits per heavy atom. The number of nitrogens with zero attached hydrogens (tertiary/aromatic N) is 1. The van der Waals surface area contributed by atoms with Crippen LogP contribution in [0, 0.1) is 0 Å². The van der Waals surface area contributed by atoms with Gasteiger partial charge in [-0.05, 0) is 36.2 Å². The maximum atomic E-state index is 10.6. The molecular weight excluding hydrogens is 216 g/mol. The average molecular weight is 230 g/mol. The van der Waals surface area contributed by atoms with Gasteiger partial charge in [0.2, 0.25) is 0 Å². The summed E-state index contributed by atoms with van der Waals surface area (Å²) in [5.41, 5.74) is 7.45. The monoisotopic (exact) mass is 230 g/mol. The van der Waals surface area contributed by atoms with E-state index in [0.29, 0.717) is 6.42 Å². The zero-order valence-electron chi connectivity index (χ0n) is 9.28. The molecule has 0 saturated carbocycles. The minimum atomic E-state index is -0.973. The molecule has 1 aromatic heterocycles. The molecule has 0 aliphatic rings. The van der Waals surface area contributed by atoms with Gasteiger partial charge < -0.3 is 15.4 Å². The highest BCUT2D eigenvalue weighted by Gasteiger charge is 2.11. The van der Waals surface area contributed by atoms with Crippen molar-refractivity contribution in [3.8, 4) is 5.69 Å². The Kier molecular flexibility index (Phi) is 3.25. The van der Waals surface area contributed by atoms with E-state index in [2.05, 4.69) is 0 Å². The number of aromatic nitrogens is 1. The summed E-state index contributed by atoms with van der Waals surface area (Å²) in [4.78, 5) is 10.6. The van der Waals surface area contributed by atoms with Crippen LogP contribution in [-0.4, -0.2) is 21.7 Å². The molecule has 3 N–H and O–H groups in total. The van der Waals surface area contributed by atoms with Gasteiger partial charge in [0.15, 0.2) is 0 Å². The van der Waals surface area contributed by atoms with Crippen LogP contribution >= 0.6 is 0 Å². The first-order valence-electron chi connectivity index (χ1n) is 5.37. The predicted molar refractivity (Wildman–Crippen MR) is 65.1 cm³/mol. The number of carbonyl (C=O) groups is 1. The lowest BCUT2D eigenvalue weighted by Gasteiger charge is -2.08. The van der Waals surface area contributed by atoms with E-state index in [4.69, 9.17) is 10.8 Å². The molecule has 88 valence electrons. The lowest BCUT2D eigenvalue weighted by Crippen LogP contribution is -2.32. The van der Waals surface area contributed by atoms with Gasteiger partial charge in [0.25, 0.3) is 0 Å². The number of rotatable bonds is 4. The van der Waals surface area contributed by atoms with Gasteiger partial charge in [0, 0.05) is 18.1 Å². The molecule has 4 nitrogen and oxygen atoms in total. The first-order valence-corrected chi connectivity index (χ1v) is 5.37. The van der Waals surface area contributed by atoms with E-state index in [1.54, 1.807) is 0 Å². The van der Waals surface area contributed by atoms with Crippen LogP contribution in [0.25, 0.3) is 5.69 Å². The summed E-state index contributed by atoms with van der Waals surface area (Å²) in [6.07, 6.45) is 4.26. The molecule has 0 saturated heterocycles. The quantitative estimate of drug-likeness (QED) is 0.834. The van der Waals surface area contributed by atoms with E-state index in [-0.39, 0.29) is 0 Å². The highest BCUT2D eigenvalue weighted by Crippen LogP contribution is 2.11. The second-order valence-corrected chi connectivity index (χ2v) is 3.91. The van der Waals surface area contributed by atoms with Gasteiger partial charge in [0.05, 0.1) is 0 Å². The molecule has 0 bridgehead atoms. The zero-order chi connectivity index (χ0) is 12.3. The number of carboxylic acids is 1. The maximum Gasteiger partial charge on any atom is 0.320 e. The van der Waals surface area contributed by atoms with E-state index in [9.17, 15) is 4.79 Å². The fourth-order valence-corrected chi connectivity index (χ4v) is 1.65. The SMILES string of the molecule is NC(Cc1ccc(-n2cccc2)cc1)C(=O)O. The van der Waals surface area contributed by atoms with E-state index in [1.807, 2.05) is 53.4 Å². The summed E-state index contributed by atoms with van der Waals surface area (Å²) in [5.74, 6) is -0.973. The van der Waals surface area contributed by atoms with Crippen molar-refractivity contribution >= 4 is 5.97 Å². The Labute approximate surface area is 99.3 Å². The summed E-state index contributed by atoms with van der Waals surface area (Å²) in [6, 6.07) is 10.8. The molecule has 1 atom stereocenters. The van der Waals surface area contributed by atoms with Crippen molar-refractivity contribution in [3.63, 3.8) is 0 Å². The van der Waals surface area contributed by atoms with Gasteiger partial charge in [-0.15, -0.1) is 0 Å². The van der Waals surface area contributed by atoms with Crippen molar-refractivity contribution < 1.29 is 9.90 Å². The fraction of sp³-hybridized carbons (Fsp3) is 0.154. The smallest absolute Gasteiger partial charge is 0.320 e. The number of aliphatic carboxylic acids is 1. The second-order valence-electron chi connectivity index (χ2n) is 3.91. The molecule has 0 aliphatic carbocycles. The van der Waals surface area contributed by atoms with Crippen molar-refractivity contribution in [2.75, 3.05) is 0 Å². The summed E-state index contributed by atoms with van der Waals surface area (Å²) in [7, 11) is 0. The fourth-order valence-electron chi connectivity index (χ4n) is 1.65. The highest BCUT2D eigenvalue weighted by molar-refractivity contribution is 5.73. The first-order chi connectivity index (χ1) is 8.16. The van der Waals surface area contributed by atoms with Gasteiger partial charge in [-0.3, -0.25) is 4.79 Å². The molecule has 0 radical (unpaired) electrons. The van der Waals surface area contributed by atoms with Crippen molar-refractivity contribution in [2.24, 2.45) is 5.73 Å². The zero-order valence-corrected chi connectivity index (χ0v) is 9.28. The summed E-state index contributed by atoms with van der Waals surface area (Å²) < 4.78 is 1.99. The lowest BCUT2D eigenvalue weighted by molar-refractivity contribution is -0.138. The van der Waals surface area contributed by atoms with E-state index in [0.717, 1.165) is 11.3 Å². The van der Waals surface area contributed by atoms with Crippen molar-refractivity contribution in [3.05, 3.63) is 54.4 Å². The predicted octanol–water partition coefficient (Wildman–Crippen LogP) is 1.43.